The average Bonchev–Trinajstić information content (AvgIpc) is 3.17. The van der Waals surface area contributed by atoms with Crippen LogP contribution in [0.1, 0.15) is 26.4 Å². The maximum absolute atomic E-state index is 13.3. The summed E-state index contributed by atoms with van der Waals surface area (Å²) in [4.78, 5) is 31.6. The number of nitrogens with zero attached hydrogens (tertiary/aromatic N) is 4. The lowest BCUT2D eigenvalue weighted by Crippen LogP contribution is -2.29. The SMILES string of the molecule is Cc1nn(-c2ccc(F)cc2)c2ncc3c(c12)C(=O)N(c1cccc(Cl)c1)C3=O. The van der Waals surface area contributed by atoms with Crippen LogP contribution in [0.25, 0.3) is 16.7 Å². The van der Waals surface area contributed by atoms with Crippen LogP contribution in [0.4, 0.5) is 10.1 Å². The van der Waals surface area contributed by atoms with Crippen molar-refractivity contribution < 1.29 is 14.0 Å². The van der Waals surface area contributed by atoms with Crippen LogP contribution < -0.4 is 4.90 Å². The van der Waals surface area contributed by atoms with Crippen molar-refractivity contribution in [2.75, 3.05) is 4.90 Å². The number of halogens is 2. The number of rotatable bonds is 2. The molecular formula is C21H12ClFN4O2. The number of hydrogen-bond donors (Lipinski definition) is 0. The first-order valence-electron chi connectivity index (χ1n) is 8.74. The van der Waals surface area contributed by atoms with Crippen molar-refractivity contribution in [3.8, 4) is 5.69 Å². The van der Waals surface area contributed by atoms with Crippen LogP contribution in [0.15, 0.2) is 54.7 Å². The molecule has 0 unspecified atom stereocenters. The molecule has 0 N–H and O–H groups in total. The first-order chi connectivity index (χ1) is 14.0. The lowest BCUT2D eigenvalue weighted by atomic mass is 10.1. The van der Waals surface area contributed by atoms with Crippen LogP contribution in [0.5, 0.6) is 0 Å². The van der Waals surface area contributed by atoms with Gasteiger partial charge >= 0.3 is 0 Å². The van der Waals surface area contributed by atoms with E-state index in [4.69, 9.17) is 11.6 Å². The number of anilines is 1. The van der Waals surface area contributed by atoms with Crippen LogP contribution in [-0.2, 0) is 0 Å². The Morgan fingerprint density at radius 1 is 1.00 bits per heavy atom. The molecule has 5 rings (SSSR count). The first-order valence-corrected chi connectivity index (χ1v) is 9.12. The molecule has 1 aliphatic heterocycles. The van der Waals surface area contributed by atoms with Gasteiger partial charge in [0.2, 0.25) is 0 Å². The second-order valence-electron chi connectivity index (χ2n) is 6.64. The Kier molecular flexibility index (Phi) is 3.75. The molecule has 2 aromatic carbocycles. The molecule has 4 aromatic rings. The molecule has 3 heterocycles. The number of aromatic nitrogens is 3. The van der Waals surface area contributed by atoms with Crippen molar-refractivity contribution in [2.24, 2.45) is 0 Å². The zero-order chi connectivity index (χ0) is 20.3. The normalized spacial score (nSPS) is 13.4. The molecule has 0 spiro atoms. The molecule has 6 nitrogen and oxygen atoms in total. The second kappa shape index (κ2) is 6.22. The highest BCUT2D eigenvalue weighted by Gasteiger charge is 2.40. The van der Waals surface area contributed by atoms with E-state index in [2.05, 4.69) is 10.1 Å². The number of fused-ring (bicyclic) bond motifs is 3. The molecule has 0 fully saturated rings. The van der Waals surface area contributed by atoms with Crippen molar-refractivity contribution in [3.05, 3.63) is 82.4 Å². The fourth-order valence-electron chi connectivity index (χ4n) is 3.57. The minimum atomic E-state index is -0.462. The summed E-state index contributed by atoms with van der Waals surface area (Å²) in [5.41, 5.74) is 2.42. The molecule has 2 amide bonds. The van der Waals surface area contributed by atoms with Crippen molar-refractivity contribution in [3.63, 3.8) is 0 Å². The number of imide groups is 1. The highest BCUT2D eigenvalue weighted by molar-refractivity contribution is 6.38. The molecular weight excluding hydrogens is 395 g/mol. The van der Waals surface area contributed by atoms with E-state index in [-0.39, 0.29) is 16.9 Å². The van der Waals surface area contributed by atoms with E-state index in [1.54, 1.807) is 43.3 Å². The molecule has 0 atom stereocenters. The zero-order valence-electron chi connectivity index (χ0n) is 15.1. The Morgan fingerprint density at radius 3 is 2.48 bits per heavy atom. The Hall–Kier alpha value is -3.58. The Morgan fingerprint density at radius 2 is 1.76 bits per heavy atom. The predicted molar refractivity (Wildman–Crippen MR) is 106 cm³/mol. The molecule has 0 aliphatic carbocycles. The first kappa shape index (κ1) is 17.5. The van der Waals surface area contributed by atoms with E-state index in [1.165, 1.54) is 23.0 Å². The van der Waals surface area contributed by atoms with Gasteiger partial charge in [-0.05, 0) is 49.4 Å². The minimum absolute atomic E-state index is 0.212. The Balaban J connectivity index is 1.71. The molecule has 8 heteroatoms. The van der Waals surface area contributed by atoms with Gasteiger partial charge in [-0.15, -0.1) is 0 Å². The third kappa shape index (κ3) is 2.55. The van der Waals surface area contributed by atoms with Crippen LogP contribution in [0.2, 0.25) is 5.02 Å². The second-order valence-corrected chi connectivity index (χ2v) is 7.08. The van der Waals surface area contributed by atoms with Gasteiger partial charge in [-0.1, -0.05) is 17.7 Å². The van der Waals surface area contributed by atoms with Gasteiger partial charge < -0.3 is 0 Å². The summed E-state index contributed by atoms with van der Waals surface area (Å²) in [6.07, 6.45) is 1.38. The van der Waals surface area contributed by atoms with Gasteiger partial charge in [0, 0.05) is 11.2 Å². The van der Waals surface area contributed by atoms with Crippen LogP contribution in [0.3, 0.4) is 0 Å². The van der Waals surface area contributed by atoms with Gasteiger partial charge in [-0.2, -0.15) is 5.10 Å². The summed E-state index contributed by atoms with van der Waals surface area (Å²) in [5.74, 6) is -1.29. The van der Waals surface area contributed by atoms with Gasteiger partial charge in [0.25, 0.3) is 11.8 Å². The summed E-state index contributed by atoms with van der Waals surface area (Å²) in [6.45, 7) is 1.74. The quantitative estimate of drug-likeness (QED) is 0.465. The number of pyridine rings is 1. The molecule has 142 valence electrons. The maximum Gasteiger partial charge on any atom is 0.267 e. The lowest BCUT2D eigenvalue weighted by Gasteiger charge is -2.13. The van der Waals surface area contributed by atoms with Gasteiger partial charge in [-0.3, -0.25) is 9.59 Å². The Labute approximate surface area is 169 Å². The number of hydrogen-bond acceptors (Lipinski definition) is 4. The van der Waals surface area contributed by atoms with Crippen molar-refractivity contribution in [1.82, 2.24) is 14.8 Å². The topological polar surface area (TPSA) is 68.1 Å². The van der Waals surface area contributed by atoms with E-state index in [0.29, 0.717) is 33.1 Å². The smallest absolute Gasteiger partial charge is 0.267 e. The summed E-state index contributed by atoms with van der Waals surface area (Å²) in [5, 5.41) is 5.38. The third-order valence-electron chi connectivity index (χ3n) is 4.86. The fourth-order valence-corrected chi connectivity index (χ4v) is 3.76. The molecule has 0 saturated heterocycles. The molecule has 0 saturated carbocycles. The van der Waals surface area contributed by atoms with E-state index in [0.717, 1.165) is 4.90 Å². The van der Waals surface area contributed by atoms with Gasteiger partial charge in [0.15, 0.2) is 5.65 Å². The molecule has 0 bridgehead atoms. The molecule has 0 radical (unpaired) electrons. The van der Waals surface area contributed by atoms with E-state index < -0.39 is 11.8 Å². The third-order valence-corrected chi connectivity index (χ3v) is 5.09. The number of aryl methyl sites for hydroxylation is 1. The van der Waals surface area contributed by atoms with Crippen molar-refractivity contribution in [1.29, 1.82) is 0 Å². The van der Waals surface area contributed by atoms with Crippen LogP contribution in [-0.4, -0.2) is 26.6 Å². The monoisotopic (exact) mass is 406 g/mol. The van der Waals surface area contributed by atoms with Gasteiger partial charge in [0.1, 0.15) is 5.82 Å². The molecule has 29 heavy (non-hydrogen) atoms. The number of benzene rings is 2. The largest absolute Gasteiger partial charge is 0.268 e. The zero-order valence-corrected chi connectivity index (χ0v) is 15.8. The summed E-state index contributed by atoms with van der Waals surface area (Å²) in [6, 6.07) is 12.3. The average molecular weight is 407 g/mol. The molecule has 2 aromatic heterocycles. The molecule has 1 aliphatic rings. The predicted octanol–water partition coefficient (Wildman–Crippen LogP) is 4.32. The Bertz CT molecular complexity index is 1330. The van der Waals surface area contributed by atoms with Gasteiger partial charge in [-0.25, -0.2) is 19.0 Å². The fraction of sp³-hybridized carbons (Fsp3) is 0.0476. The highest BCUT2D eigenvalue weighted by Crippen LogP contribution is 2.35. The standard InChI is InChI=1S/C21H12ClFN4O2/c1-11-17-18-16(20(28)26(21(18)29)15-4-2-3-12(22)9-15)10-24-19(17)27(25-11)14-7-5-13(23)6-8-14/h2-10H,1H3. The maximum atomic E-state index is 13.3. The van der Waals surface area contributed by atoms with E-state index in [1.807, 2.05) is 0 Å². The van der Waals surface area contributed by atoms with Crippen molar-refractivity contribution in [2.45, 2.75) is 6.92 Å². The number of carbonyl (C=O) groups is 2. The number of amides is 2. The van der Waals surface area contributed by atoms with Crippen molar-refractivity contribution >= 4 is 40.1 Å². The number of carbonyl (C=O) groups excluding carboxylic acids is 2. The summed E-state index contributed by atoms with van der Waals surface area (Å²) < 4.78 is 14.8. The van der Waals surface area contributed by atoms with Crippen LogP contribution in [0, 0.1) is 12.7 Å². The van der Waals surface area contributed by atoms with E-state index >= 15 is 0 Å². The summed E-state index contributed by atoms with van der Waals surface area (Å²) >= 11 is 6.03. The van der Waals surface area contributed by atoms with E-state index in [9.17, 15) is 14.0 Å². The lowest BCUT2D eigenvalue weighted by molar-refractivity contribution is 0.0926. The van der Waals surface area contributed by atoms with Crippen LogP contribution >= 0.6 is 11.6 Å². The van der Waals surface area contributed by atoms with Gasteiger partial charge in [0.05, 0.1) is 33.6 Å². The summed E-state index contributed by atoms with van der Waals surface area (Å²) in [7, 11) is 0. The minimum Gasteiger partial charge on any atom is -0.268 e. The highest BCUT2D eigenvalue weighted by atomic mass is 35.5.